The van der Waals surface area contributed by atoms with Crippen LogP contribution in [0.25, 0.3) is 11.4 Å². The minimum absolute atomic E-state index is 0.0480. The number of nitrogens with zero attached hydrogens (tertiary/aromatic N) is 3. The average Bonchev–Trinajstić information content (AvgIpc) is 3.23. The Balaban J connectivity index is 1.22. The van der Waals surface area contributed by atoms with Crippen LogP contribution in [0.1, 0.15) is 49.5 Å². The predicted octanol–water partition coefficient (Wildman–Crippen LogP) is 3.91. The number of aromatic nitrogens is 3. The van der Waals surface area contributed by atoms with E-state index in [9.17, 15) is 4.79 Å². The molecule has 6 heteroatoms. The molecular formula is C22H24N4O2. The van der Waals surface area contributed by atoms with Crippen molar-refractivity contribution >= 4 is 5.91 Å². The van der Waals surface area contributed by atoms with E-state index in [1.54, 1.807) is 12.4 Å². The maximum Gasteiger partial charge on any atom is 0.227 e. The Morgan fingerprint density at radius 1 is 1.04 bits per heavy atom. The molecule has 1 saturated carbocycles. The molecule has 1 aliphatic carbocycles. The molecule has 1 amide bonds. The van der Waals surface area contributed by atoms with Crippen molar-refractivity contribution in [2.75, 3.05) is 0 Å². The molecule has 1 aliphatic rings. The maximum atomic E-state index is 12.3. The van der Waals surface area contributed by atoms with Gasteiger partial charge in [-0.05, 0) is 49.3 Å². The van der Waals surface area contributed by atoms with Crippen molar-refractivity contribution in [3.63, 3.8) is 0 Å². The molecule has 1 fully saturated rings. The summed E-state index contributed by atoms with van der Waals surface area (Å²) >= 11 is 0. The van der Waals surface area contributed by atoms with Crippen LogP contribution in [-0.4, -0.2) is 27.1 Å². The second-order valence-electron chi connectivity index (χ2n) is 7.27. The van der Waals surface area contributed by atoms with Crippen LogP contribution in [0.4, 0.5) is 0 Å². The van der Waals surface area contributed by atoms with Crippen molar-refractivity contribution in [2.24, 2.45) is 0 Å². The number of amides is 1. The first-order valence-corrected chi connectivity index (χ1v) is 9.85. The number of hydrogen-bond donors (Lipinski definition) is 1. The van der Waals surface area contributed by atoms with Crippen LogP contribution in [0.2, 0.25) is 0 Å². The minimum Gasteiger partial charge on any atom is -0.353 e. The monoisotopic (exact) mass is 376 g/mol. The molecular weight excluding hydrogens is 352 g/mol. The van der Waals surface area contributed by atoms with Crippen LogP contribution in [0.3, 0.4) is 0 Å². The fourth-order valence-corrected chi connectivity index (χ4v) is 3.79. The van der Waals surface area contributed by atoms with Crippen molar-refractivity contribution in [1.82, 2.24) is 20.4 Å². The highest BCUT2D eigenvalue weighted by Gasteiger charge is 2.23. The molecule has 2 aromatic heterocycles. The molecule has 0 spiro atoms. The summed E-state index contributed by atoms with van der Waals surface area (Å²) in [6.45, 7) is 0. The fourth-order valence-electron chi connectivity index (χ4n) is 3.79. The molecule has 0 aliphatic heterocycles. The molecule has 0 saturated heterocycles. The van der Waals surface area contributed by atoms with Gasteiger partial charge in [-0.15, -0.1) is 0 Å². The summed E-state index contributed by atoms with van der Waals surface area (Å²) in [5.74, 6) is 1.66. The van der Waals surface area contributed by atoms with E-state index in [2.05, 4.69) is 50.8 Å². The Labute approximate surface area is 164 Å². The molecule has 0 bridgehead atoms. The Kier molecular flexibility index (Phi) is 5.75. The lowest BCUT2D eigenvalue weighted by Gasteiger charge is -2.29. The molecule has 0 radical (unpaired) electrons. The second kappa shape index (κ2) is 8.78. The third kappa shape index (κ3) is 4.63. The highest BCUT2D eigenvalue weighted by molar-refractivity contribution is 5.76. The zero-order chi connectivity index (χ0) is 19.2. The Bertz CT molecular complexity index is 887. The van der Waals surface area contributed by atoms with E-state index in [1.807, 2.05) is 12.1 Å². The van der Waals surface area contributed by atoms with Crippen LogP contribution in [0, 0.1) is 0 Å². The number of pyridine rings is 1. The van der Waals surface area contributed by atoms with Crippen molar-refractivity contribution in [2.45, 2.75) is 50.5 Å². The highest BCUT2D eigenvalue weighted by atomic mass is 16.5. The van der Waals surface area contributed by atoms with E-state index in [4.69, 9.17) is 4.52 Å². The van der Waals surface area contributed by atoms with Gasteiger partial charge in [-0.25, -0.2) is 0 Å². The summed E-state index contributed by atoms with van der Waals surface area (Å²) in [6, 6.07) is 14.6. The molecule has 1 N–H and O–H groups in total. The lowest BCUT2D eigenvalue weighted by atomic mass is 9.82. The lowest BCUT2D eigenvalue weighted by Crippen LogP contribution is -2.37. The SMILES string of the molecule is O=C(CCc1nc(-c2ccncc2)no1)NC1CCC(c2ccccc2)CC1. The van der Waals surface area contributed by atoms with Gasteiger partial charge in [0, 0.05) is 36.8 Å². The van der Waals surface area contributed by atoms with Crippen molar-refractivity contribution in [1.29, 1.82) is 0 Å². The van der Waals surface area contributed by atoms with Gasteiger partial charge in [0.15, 0.2) is 0 Å². The highest BCUT2D eigenvalue weighted by Crippen LogP contribution is 2.32. The molecule has 0 unspecified atom stereocenters. The van der Waals surface area contributed by atoms with Gasteiger partial charge < -0.3 is 9.84 Å². The predicted molar refractivity (Wildman–Crippen MR) is 105 cm³/mol. The minimum atomic E-state index is 0.0480. The molecule has 6 nitrogen and oxygen atoms in total. The van der Waals surface area contributed by atoms with Crippen LogP contribution in [0.5, 0.6) is 0 Å². The van der Waals surface area contributed by atoms with Gasteiger partial charge in [-0.3, -0.25) is 9.78 Å². The Hall–Kier alpha value is -3.02. The zero-order valence-corrected chi connectivity index (χ0v) is 15.8. The first-order valence-electron chi connectivity index (χ1n) is 9.85. The third-order valence-electron chi connectivity index (χ3n) is 5.34. The summed E-state index contributed by atoms with van der Waals surface area (Å²) in [4.78, 5) is 20.6. The summed E-state index contributed by atoms with van der Waals surface area (Å²) in [6.07, 6.45) is 8.47. The summed E-state index contributed by atoms with van der Waals surface area (Å²) in [5, 5.41) is 7.13. The van der Waals surface area contributed by atoms with E-state index >= 15 is 0 Å². The molecule has 4 rings (SSSR count). The molecule has 2 heterocycles. The molecule has 1 aromatic carbocycles. The van der Waals surface area contributed by atoms with Gasteiger partial charge in [0.25, 0.3) is 0 Å². The van der Waals surface area contributed by atoms with Crippen LogP contribution >= 0.6 is 0 Å². The standard InChI is InChI=1S/C22H24N4O2/c27-20(10-11-21-25-22(26-28-21)18-12-14-23-15-13-18)24-19-8-6-17(7-9-19)16-4-2-1-3-5-16/h1-5,12-15,17,19H,6-11H2,(H,24,27). The first kappa shape index (κ1) is 18.3. The van der Waals surface area contributed by atoms with Gasteiger partial charge in [0.2, 0.25) is 17.6 Å². The number of benzene rings is 1. The van der Waals surface area contributed by atoms with E-state index in [1.165, 1.54) is 5.56 Å². The van der Waals surface area contributed by atoms with Crippen molar-refractivity contribution in [3.8, 4) is 11.4 Å². The lowest BCUT2D eigenvalue weighted by molar-refractivity contribution is -0.122. The number of aryl methyl sites for hydroxylation is 1. The topological polar surface area (TPSA) is 80.9 Å². The van der Waals surface area contributed by atoms with Gasteiger partial charge in [-0.2, -0.15) is 4.98 Å². The van der Waals surface area contributed by atoms with E-state index < -0.39 is 0 Å². The molecule has 0 atom stereocenters. The number of rotatable bonds is 6. The van der Waals surface area contributed by atoms with Crippen LogP contribution < -0.4 is 5.32 Å². The molecule has 3 aromatic rings. The van der Waals surface area contributed by atoms with Gasteiger partial charge in [0.1, 0.15) is 0 Å². The first-order chi connectivity index (χ1) is 13.8. The summed E-state index contributed by atoms with van der Waals surface area (Å²) < 4.78 is 5.26. The summed E-state index contributed by atoms with van der Waals surface area (Å²) in [5.41, 5.74) is 2.26. The molecule has 28 heavy (non-hydrogen) atoms. The number of hydrogen-bond acceptors (Lipinski definition) is 5. The van der Waals surface area contributed by atoms with Gasteiger partial charge >= 0.3 is 0 Å². The quantitative estimate of drug-likeness (QED) is 0.705. The Morgan fingerprint density at radius 3 is 2.54 bits per heavy atom. The van der Waals surface area contributed by atoms with E-state index in [0.29, 0.717) is 30.5 Å². The third-order valence-corrected chi connectivity index (χ3v) is 5.34. The normalized spacial score (nSPS) is 19.3. The van der Waals surface area contributed by atoms with E-state index in [0.717, 1.165) is 31.2 Å². The number of nitrogens with one attached hydrogen (secondary N) is 1. The number of carbonyl (C=O) groups excluding carboxylic acids is 1. The van der Waals surface area contributed by atoms with Crippen LogP contribution in [0.15, 0.2) is 59.4 Å². The summed E-state index contributed by atoms with van der Waals surface area (Å²) in [7, 11) is 0. The van der Waals surface area contributed by atoms with E-state index in [-0.39, 0.29) is 11.9 Å². The molecule has 144 valence electrons. The van der Waals surface area contributed by atoms with Crippen molar-refractivity contribution < 1.29 is 9.32 Å². The van der Waals surface area contributed by atoms with Gasteiger partial charge in [-0.1, -0.05) is 35.5 Å². The fraction of sp³-hybridized carbons (Fsp3) is 0.364. The Morgan fingerprint density at radius 2 is 1.79 bits per heavy atom. The van der Waals surface area contributed by atoms with Gasteiger partial charge in [0.05, 0.1) is 0 Å². The van der Waals surface area contributed by atoms with Crippen LogP contribution in [-0.2, 0) is 11.2 Å². The van der Waals surface area contributed by atoms with Crippen molar-refractivity contribution in [3.05, 3.63) is 66.3 Å². The smallest absolute Gasteiger partial charge is 0.227 e. The number of carbonyl (C=O) groups is 1. The average molecular weight is 376 g/mol. The maximum absolute atomic E-state index is 12.3. The zero-order valence-electron chi connectivity index (χ0n) is 15.8. The largest absolute Gasteiger partial charge is 0.353 e. The second-order valence-corrected chi connectivity index (χ2v) is 7.27.